The van der Waals surface area contributed by atoms with E-state index in [0.29, 0.717) is 11.3 Å². The first kappa shape index (κ1) is 20.6. The Morgan fingerprint density at radius 1 is 1.19 bits per heavy atom. The third-order valence-electron chi connectivity index (χ3n) is 6.33. The molecule has 5 rings (SSSR count). The zero-order valence-electron chi connectivity index (χ0n) is 18.3. The van der Waals surface area contributed by atoms with Gasteiger partial charge in [-0.2, -0.15) is 5.10 Å². The van der Waals surface area contributed by atoms with Gasteiger partial charge in [-0.15, -0.1) is 0 Å². The first-order valence-corrected chi connectivity index (χ1v) is 11.2. The minimum atomic E-state index is -0.192. The van der Waals surface area contributed by atoms with Crippen molar-refractivity contribution in [2.75, 3.05) is 32.1 Å². The van der Waals surface area contributed by atoms with E-state index in [1.54, 1.807) is 25.4 Å². The fourth-order valence-corrected chi connectivity index (χ4v) is 4.64. The minimum Gasteiger partial charge on any atom is -0.496 e. The van der Waals surface area contributed by atoms with Gasteiger partial charge in [0.05, 0.1) is 31.5 Å². The first-order chi connectivity index (χ1) is 15.7. The van der Waals surface area contributed by atoms with E-state index in [-0.39, 0.29) is 11.9 Å². The molecule has 1 saturated heterocycles. The summed E-state index contributed by atoms with van der Waals surface area (Å²) in [6.45, 7) is 3.75. The molecule has 32 heavy (non-hydrogen) atoms. The molecule has 0 aliphatic carbocycles. The molecule has 1 aromatic heterocycles. The van der Waals surface area contributed by atoms with Gasteiger partial charge < -0.3 is 14.8 Å². The van der Waals surface area contributed by atoms with E-state index in [2.05, 4.69) is 33.5 Å². The summed E-state index contributed by atoms with van der Waals surface area (Å²) in [5.41, 5.74) is 3.18. The number of fused-ring (bicyclic) bond motifs is 1. The van der Waals surface area contributed by atoms with Gasteiger partial charge in [0.15, 0.2) is 0 Å². The number of para-hydroxylation sites is 1. The largest absolute Gasteiger partial charge is 0.496 e. The molecule has 0 radical (unpaired) electrons. The van der Waals surface area contributed by atoms with Crippen LogP contribution in [0, 0.1) is 0 Å². The van der Waals surface area contributed by atoms with Crippen molar-refractivity contribution in [2.45, 2.75) is 31.8 Å². The summed E-state index contributed by atoms with van der Waals surface area (Å²) in [5.74, 6) is 2.12. The molecular weight excluding hydrogens is 404 g/mol. The molecule has 0 saturated carbocycles. The second-order valence-corrected chi connectivity index (χ2v) is 8.36. The highest BCUT2D eigenvalue weighted by molar-refractivity contribution is 6.05. The molecule has 0 spiro atoms. The van der Waals surface area contributed by atoms with Gasteiger partial charge >= 0.3 is 0 Å². The van der Waals surface area contributed by atoms with Crippen LogP contribution in [-0.2, 0) is 13.0 Å². The van der Waals surface area contributed by atoms with Gasteiger partial charge in [0, 0.05) is 32.1 Å². The van der Waals surface area contributed by atoms with Crippen molar-refractivity contribution in [3.8, 4) is 11.5 Å². The van der Waals surface area contributed by atoms with Crippen LogP contribution < -0.4 is 14.8 Å². The van der Waals surface area contributed by atoms with E-state index < -0.39 is 0 Å². The van der Waals surface area contributed by atoms with Gasteiger partial charge in [-0.25, -0.2) is 4.68 Å². The quantitative estimate of drug-likeness (QED) is 0.640. The lowest BCUT2D eigenvalue weighted by Crippen LogP contribution is -2.35. The number of hydrogen-bond acceptors (Lipinski definition) is 5. The fraction of sp³-hybridized carbons (Fsp3) is 0.360. The Labute approximate surface area is 187 Å². The molecule has 2 aliphatic rings. The Morgan fingerprint density at radius 3 is 2.88 bits per heavy atom. The van der Waals surface area contributed by atoms with Crippen molar-refractivity contribution in [3.63, 3.8) is 0 Å². The lowest BCUT2D eigenvalue weighted by Gasteiger charge is -2.32. The predicted octanol–water partition coefficient (Wildman–Crippen LogP) is 3.92. The second kappa shape index (κ2) is 9.04. The number of nitrogens with zero attached hydrogens (tertiary/aromatic N) is 3. The van der Waals surface area contributed by atoms with E-state index in [4.69, 9.17) is 9.47 Å². The molecule has 0 unspecified atom stereocenters. The molecule has 2 aromatic carbocycles. The van der Waals surface area contributed by atoms with Crippen molar-refractivity contribution in [3.05, 3.63) is 71.4 Å². The summed E-state index contributed by atoms with van der Waals surface area (Å²) in [5, 5.41) is 7.53. The summed E-state index contributed by atoms with van der Waals surface area (Å²) in [7, 11) is 1.57. The summed E-state index contributed by atoms with van der Waals surface area (Å²) in [4.78, 5) is 15.3. The van der Waals surface area contributed by atoms with Crippen LogP contribution in [0.1, 0.15) is 40.4 Å². The smallest absolute Gasteiger partial charge is 0.260 e. The highest BCUT2D eigenvalue weighted by Gasteiger charge is 2.24. The molecule has 7 nitrogen and oxygen atoms in total. The molecule has 3 aromatic rings. The Bertz CT molecular complexity index is 1100. The van der Waals surface area contributed by atoms with E-state index >= 15 is 0 Å². The molecular formula is C25H28N4O3. The van der Waals surface area contributed by atoms with E-state index in [1.807, 2.05) is 22.9 Å². The summed E-state index contributed by atoms with van der Waals surface area (Å²) in [6.07, 6.45) is 4.74. The van der Waals surface area contributed by atoms with Crippen LogP contribution in [0.5, 0.6) is 11.5 Å². The number of methoxy groups -OCH3 is 1. The average Bonchev–Trinajstić information content (AvgIpc) is 3.48. The van der Waals surface area contributed by atoms with Crippen molar-refractivity contribution in [2.24, 2.45) is 0 Å². The Kier molecular flexibility index (Phi) is 5.81. The number of rotatable bonds is 6. The second-order valence-electron chi connectivity index (χ2n) is 8.36. The zero-order chi connectivity index (χ0) is 21.9. The van der Waals surface area contributed by atoms with Gasteiger partial charge in [-0.1, -0.05) is 24.3 Å². The molecule has 7 heteroatoms. The number of hydrogen-bond donors (Lipinski definition) is 1. The highest BCUT2D eigenvalue weighted by Crippen LogP contribution is 2.29. The maximum atomic E-state index is 12.8. The van der Waals surface area contributed by atoms with Gasteiger partial charge in [0.1, 0.15) is 17.3 Å². The number of likely N-dealkylation sites (tertiary alicyclic amines) is 1. The Balaban J connectivity index is 1.20. The monoisotopic (exact) mass is 432 g/mol. The van der Waals surface area contributed by atoms with Crippen molar-refractivity contribution >= 4 is 11.7 Å². The first-order valence-electron chi connectivity index (χ1n) is 11.2. The summed E-state index contributed by atoms with van der Waals surface area (Å²) >= 11 is 0. The maximum absolute atomic E-state index is 12.8. The van der Waals surface area contributed by atoms with E-state index in [9.17, 15) is 4.79 Å². The van der Waals surface area contributed by atoms with Gasteiger partial charge in [-0.05, 0) is 42.2 Å². The lowest BCUT2D eigenvalue weighted by molar-refractivity contribution is 0.102. The standard InChI is InChI=1S/C25H28N4O3/c1-31-23-5-3-2-4-21(23)25(30)27-24-8-12-26-29(24)20-9-13-28(14-10-20)17-18-6-7-22-19(16-18)11-15-32-22/h2-8,12,16,20H,9-11,13-15,17H2,1H3,(H,27,30). The van der Waals surface area contributed by atoms with Crippen LogP contribution in [-0.4, -0.2) is 47.4 Å². The van der Waals surface area contributed by atoms with Gasteiger partial charge in [-0.3, -0.25) is 9.69 Å². The number of benzene rings is 2. The fourth-order valence-electron chi connectivity index (χ4n) is 4.64. The Morgan fingerprint density at radius 2 is 2.03 bits per heavy atom. The third kappa shape index (κ3) is 4.21. The molecule has 1 amide bonds. The molecule has 1 N–H and O–H groups in total. The number of aromatic nitrogens is 2. The van der Waals surface area contributed by atoms with Crippen LogP contribution in [0.4, 0.5) is 5.82 Å². The number of carbonyl (C=O) groups is 1. The number of ether oxygens (including phenoxy) is 2. The van der Waals surface area contributed by atoms with Gasteiger partial charge in [0.25, 0.3) is 5.91 Å². The molecule has 3 heterocycles. The van der Waals surface area contributed by atoms with Crippen LogP contribution in [0.2, 0.25) is 0 Å². The van der Waals surface area contributed by atoms with Gasteiger partial charge in [0.2, 0.25) is 0 Å². The third-order valence-corrected chi connectivity index (χ3v) is 6.33. The lowest BCUT2D eigenvalue weighted by atomic mass is 10.0. The number of carbonyl (C=O) groups excluding carboxylic acids is 1. The van der Waals surface area contributed by atoms with E-state index in [0.717, 1.165) is 57.1 Å². The molecule has 0 bridgehead atoms. The summed E-state index contributed by atoms with van der Waals surface area (Å²) < 4.78 is 12.9. The zero-order valence-corrected chi connectivity index (χ0v) is 18.3. The maximum Gasteiger partial charge on any atom is 0.260 e. The normalized spacial score (nSPS) is 16.4. The number of nitrogens with one attached hydrogen (secondary N) is 1. The average molecular weight is 433 g/mol. The molecule has 166 valence electrons. The van der Waals surface area contributed by atoms with Crippen molar-refractivity contribution < 1.29 is 14.3 Å². The minimum absolute atomic E-state index is 0.192. The topological polar surface area (TPSA) is 68.6 Å². The number of amides is 1. The predicted molar refractivity (Wildman–Crippen MR) is 122 cm³/mol. The number of piperidine rings is 1. The summed E-state index contributed by atoms with van der Waals surface area (Å²) in [6, 6.07) is 15.9. The molecule has 1 fully saturated rings. The van der Waals surface area contributed by atoms with Crippen LogP contribution in [0.3, 0.4) is 0 Å². The molecule has 2 aliphatic heterocycles. The van der Waals surface area contributed by atoms with E-state index in [1.165, 1.54) is 11.1 Å². The van der Waals surface area contributed by atoms with Crippen LogP contribution in [0.25, 0.3) is 0 Å². The van der Waals surface area contributed by atoms with Crippen molar-refractivity contribution in [1.82, 2.24) is 14.7 Å². The van der Waals surface area contributed by atoms with Crippen molar-refractivity contribution in [1.29, 1.82) is 0 Å². The SMILES string of the molecule is COc1ccccc1C(=O)Nc1ccnn1C1CCN(Cc2ccc3c(c2)CCO3)CC1. The highest BCUT2D eigenvalue weighted by atomic mass is 16.5. The van der Waals surface area contributed by atoms with Crippen LogP contribution in [0.15, 0.2) is 54.7 Å². The molecule has 0 atom stereocenters. The number of anilines is 1. The van der Waals surface area contributed by atoms with Crippen LogP contribution >= 0.6 is 0 Å². The Hall–Kier alpha value is -3.32.